The highest BCUT2D eigenvalue weighted by Crippen LogP contribution is 2.37. The molecule has 0 bridgehead atoms. The van der Waals surface area contributed by atoms with Crippen LogP contribution < -0.4 is 0 Å². The molecule has 2 rings (SSSR count). The maximum atomic E-state index is 2.38. The van der Waals surface area contributed by atoms with Gasteiger partial charge in [-0.25, -0.2) is 0 Å². The molecule has 0 nitrogen and oxygen atoms in total. The van der Waals surface area contributed by atoms with Crippen molar-refractivity contribution >= 4 is 11.3 Å². The topological polar surface area (TPSA) is 0 Å². The molecule has 86 valence electrons. The Bertz CT molecular complexity index is 302. The van der Waals surface area contributed by atoms with Crippen molar-refractivity contribution in [3.63, 3.8) is 0 Å². The number of aryl methyl sites for hydroxylation is 1. The predicted molar refractivity (Wildman–Crippen MR) is 71.0 cm³/mol. The largest absolute Gasteiger partial charge is 0.148 e. The fourth-order valence-corrected chi connectivity index (χ4v) is 3.40. The third-order valence-corrected chi connectivity index (χ3v) is 4.28. The van der Waals surface area contributed by atoms with E-state index >= 15 is 0 Å². The Morgan fingerprint density at radius 2 is 1.67 bits per heavy atom. The quantitative estimate of drug-likeness (QED) is 0.585. The van der Waals surface area contributed by atoms with Crippen molar-refractivity contribution in [2.45, 2.75) is 65.7 Å². The van der Waals surface area contributed by atoms with E-state index in [2.05, 4.69) is 26.2 Å². The van der Waals surface area contributed by atoms with Crippen LogP contribution in [0.5, 0.6) is 0 Å². The maximum Gasteiger partial charge on any atom is 0.0134 e. The number of fused-ring (bicyclic) bond motifs is 1. The Hall–Kier alpha value is -0.300. The van der Waals surface area contributed by atoms with E-state index in [4.69, 9.17) is 0 Å². The summed E-state index contributed by atoms with van der Waals surface area (Å²) in [7, 11) is 0. The summed E-state index contributed by atoms with van der Waals surface area (Å²) in [5.74, 6) is 0. The van der Waals surface area contributed by atoms with Gasteiger partial charge in [0.1, 0.15) is 0 Å². The Morgan fingerprint density at radius 3 is 2.27 bits per heavy atom. The molecule has 1 heterocycles. The lowest BCUT2D eigenvalue weighted by molar-refractivity contribution is 0.584. The Labute approximate surface area is 98.7 Å². The van der Waals surface area contributed by atoms with Gasteiger partial charge in [0.05, 0.1) is 0 Å². The molecular formula is C14H24S. The molecule has 15 heavy (non-hydrogen) atoms. The minimum atomic E-state index is 0.357. The van der Waals surface area contributed by atoms with Crippen LogP contribution in [0.3, 0.4) is 0 Å². The van der Waals surface area contributed by atoms with Gasteiger partial charge in [-0.05, 0) is 47.6 Å². The molecule has 1 aromatic heterocycles. The van der Waals surface area contributed by atoms with Gasteiger partial charge < -0.3 is 0 Å². The van der Waals surface area contributed by atoms with Gasteiger partial charge in [-0.2, -0.15) is 0 Å². The fraction of sp³-hybridized carbons (Fsp3) is 0.714. The van der Waals surface area contributed by atoms with Crippen molar-refractivity contribution in [2.75, 3.05) is 0 Å². The molecule has 0 saturated heterocycles. The van der Waals surface area contributed by atoms with Gasteiger partial charge in [0.15, 0.2) is 0 Å². The first-order valence-corrected chi connectivity index (χ1v) is 7.07. The third kappa shape index (κ3) is 2.84. The van der Waals surface area contributed by atoms with Gasteiger partial charge >= 0.3 is 0 Å². The highest BCUT2D eigenvalue weighted by molar-refractivity contribution is 7.10. The van der Waals surface area contributed by atoms with Crippen molar-refractivity contribution in [3.05, 3.63) is 21.4 Å². The molecule has 1 aromatic rings. The summed E-state index contributed by atoms with van der Waals surface area (Å²) >= 11 is 1.97. The molecule has 0 aromatic carbocycles. The van der Waals surface area contributed by atoms with Crippen molar-refractivity contribution < 1.29 is 0 Å². The lowest BCUT2D eigenvalue weighted by Crippen LogP contribution is -2.13. The molecule has 1 aliphatic rings. The summed E-state index contributed by atoms with van der Waals surface area (Å²) in [5.41, 5.74) is 3.68. The van der Waals surface area contributed by atoms with Crippen molar-refractivity contribution in [1.82, 2.24) is 0 Å². The Balaban J connectivity index is 0.000000531. The summed E-state index contributed by atoms with van der Waals surface area (Å²) in [6.45, 7) is 11.0. The second-order valence-electron chi connectivity index (χ2n) is 5.03. The standard InChI is InChI=1S/C12H18S.C2H6/c1-12(2,3)11-10-7-5-4-6-9(10)8-13-11;1-2/h8H,4-7H2,1-3H3;1-2H3. The normalized spacial score (nSPS) is 15.3. The van der Waals surface area contributed by atoms with E-state index in [1.165, 1.54) is 25.7 Å². The molecule has 1 heteroatoms. The summed E-state index contributed by atoms with van der Waals surface area (Å²) in [5, 5.41) is 2.38. The van der Waals surface area contributed by atoms with Crippen molar-refractivity contribution in [3.8, 4) is 0 Å². The van der Waals surface area contributed by atoms with Crippen LogP contribution in [0.4, 0.5) is 0 Å². The summed E-state index contributed by atoms with van der Waals surface area (Å²) < 4.78 is 0. The fourth-order valence-electron chi connectivity index (χ4n) is 2.15. The molecule has 0 aliphatic heterocycles. The van der Waals surface area contributed by atoms with Crippen LogP contribution in [0.2, 0.25) is 0 Å². The zero-order valence-corrected chi connectivity index (χ0v) is 11.6. The van der Waals surface area contributed by atoms with Gasteiger partial charge in [-0.1, -0.05) is 34.6 Å². The molecule has 0 amide bonds. The SMILES string of the molecule is CC.CC(C)(C)c1scc2c1CCCC2. The molecular weight excluding hydrogens is 200 g/mol. The Kier molecular flexibility index (Phi) is 4.39. The first kappa shape index (κ1) is 12.8. The maximum absolute atomic E-state index is 2.38. The summed E-state index contributed by atoms with van der Waals surface area (Å²) in [6.07, 6.45) is 5.44. The van der Waals surface area contributed by atoms with Crippen molar-refractivity contribution in [1.29, 1.82) is 0 Å². The van der Waals surface area contributed by atoms with E-state index < -0.39 is 0 Å². The highest BCUT2D eigenvalue weighted by Gasteiger charge is 2.23. The van der Waals surface area contributed by atoms with Crippen LogP contribution in [0.15, 0.2) is 5.38 Å². The molecule has 1 aliphatic carbocycles. The average Bonchev–Trinajstić information content (AvgIpc) is 2.63. The molecule has 0 spiro atoms. The van der Waals surface area contributed by atoms with Crippen LogP contribution in [0.1, 0.15) is 63.5 Å². The van der Waals surface area contributed by atoms with Gasteiger partial charge in [0.2, 0.25) is 0 Å². The summed E-state index contributed by atoms with van der Waals surface area (Å²) in [6, 6.07) is 0. The van der Waals surface area contributed by atoms with E-state index in [0.717, 1.165) is 0 Å². The number of rotatable bonds is 0. The first-order chi connectivity index (χ1) is 7.09. The molecule has 0 atom stereocenters. The smallest absolute Gasteiger partial charge is 0.0134 e. The van der Waals surface area contributed by atoms with E-state index in [0.29, 0.717) is 5.41 Å². The van der Waals surface area contributed by atoms with E-state index in [9.17, 15) is 0 Å². The zero-order chi connectivity index (χ0) is 11.5. The van der Waals surface area contributed by atoms with E-state index in [1.807, 2.05) is 25.2 Å². The zero-order valence-electron chi connectivity index (χ0n) is 10.8. The molecule has 0 fully saturated rings. The average molecular weight is 224 g/mol. The minimum absolute atomic E-state index is 0.357. The van der Waals surface area contributed by atoms with Crippen LogP contribution in [-0.4, -0.2) is 0 Å². The highest BCUT2D eigenvalue weighted by atomic mass is 32.1. The number of hydrogen-bond acceptors (Lipinski definition) is 1. The van der Waals surface area contributed by atoms with E-state index in [1.54, 1.807) is 16.0 Å². The van der Waals surface area contributed by atoms with Gasteiger partial charge in [0.25, 0.3) is 0 Å². The number of thiophene rings is 1. The monoisotopic (exact) mass is 224 g/mol. The van der Waals surface area contributed by atoms with Crippen LogP contribution in [-0.2, 0) is 18.3 Å². The first-order valence-electron chi connectivity index (χ1n) is 6.19. The molecule has 0 unspecified atom stereocenters. The van der Waals surface area contributed by atoms with E-state index in [-0.39, 0.29) is 0 Å². The van der Waals surface area contributed by atoms with Gasteiger partial charge in [0, 0.05) is 4.88 Å². The van der Waals surface area contributed by atoms with Gasteiger partial charge in [-0.15, -0.1) is 11.3 Å². The molecule has 0 radical (unpaired) electrons. The third-order valence-electron chi connectivity index (χ3n) is 2.78. The second-order valence-corrected chi connectivity index (χ2v) is 5.91. The summed E-state index contributed by atoms with van der Waals surface area (Å²) in [4.78, 5) is 1.63. The van der Waals surface area contributed by atoms with Crippen molar-refractivity contribution in [2.24, 2.45) is 0 Å². The van der Waals surface area contributed by atoms with Gasteiger partial charge in [-0.3, -0.25) is 0 Å². The predicted octanol–water partition coefficient (Wildman–Crippen LogP) is 4.95. The Morgan fingerprint density at radius 1 is 1.07 bits per heavy atom. The van der Waals surface area contributed by atoms with Crippen LogP contribution >= 0.6 is 11.3 Å². The minimum Gasteiger partial charge on any atom is -0.148 e. The molecule has 0 N–H and O–H groups in total. The van der Waals surface area contributed by atoms with Crippen LogP contribution in [0, 0.1) is 0 Å². The lowest BCUT2D eigenvalue weighted by atomic mass is 9.85. The number of hydrogen-bond donors (Lipinski definition) is 0. The second kappa shape index (κ2) is 5.16. The lowest BCUT2D eigenvalue weighted by Gasteiger charge is -2.21. The molecule has 0 saturated carbocycles. The van der Waals surface area contributed by atoms with Crippen LogP contribution in [0.25, 0.3) is 0 Å².